The zero-order chi connectivity index (χ0) is 15.0. The van der Waals surface area contributed by atoms with Gasteiger partial charge in [0.05, 0.1) is 0 Å². The number of pyridine rings is 2. The topological polar surface area (TPSA) is 29.0 Å². The van der Waals surface area contributed by atoms with Gasteiger partial charge in [-0.15, -0.1) is 0 Å². The fraction of sp³-hybridized carbons (Fsp3) is 0.579. The number of hydrogen-bond acceptors (Lipinski definition) is 3. The first-order valence-electron chi connectivity index (χ1n) is 8.83. The van der Waals surface area contributed by atoms with Gasteiger partial charge in [0.1, 0.15) is 0 Å². The average Bonchev–Trinajstić information content (AvgIpc) is 2.64. The molecule has 1 aliphatic heterocycles. The minimum atomic E-state index is 0.810. The van der Waals surface area contributed by atoms with Gasteiger partial charge in [-0.2, -0.15) is 0 Å². The van der Waals surface area contributed by atoms with Crippen LogP contribution in [0.15, 0.2) is 36.7 Å². The molecule has 0 N–H and O–H groups in total. The molecule has 0 bridgehead atoms. The molecule has 3 heteroatoms. The van der Waals surface area contributed by atoms with Gasteiger partial charge in [-0.05, 0) is 63.0 Å². The van der Waals surface area contributed by atoms with E-state index < -0.39 is 0 Å². The fourth-order valence-electron chi connectivity index (χ4n) is 3.64. The number of aromatic nitrogens is 2. The number of piperidine rings is 1. The number of fused-ring (bicyclic) bond motifs is 1. The second-order valence-corrected chi connectivity index (χ2v) is 6.44. The van der Waals surface area contributed by atoms with E-state index in [0.717, 1.165) is 17.1 Å². The Bertz CT molecular complexity index is 476. The molecule has 0 atom stereocenters. The van der Waals surface area contributed by atoms with Gasteiger partial charge >= 0.3 is 0 Å². The molecular formula is C19H27N3. The maximum Gasteiger partial charge on any atom is 0.159 e. The highest BCUT2D eigenvalue weighted by atomic mass is 15.2. The zero-order valence-electron chi connectivity index (χ0n) is 13.5. The lowest BCUT2D eigenvalue weighted by Gasteiger charge is -2.36. The van der Waals surface area contributed by atoms with E-state index in [1.54, 1.807) is 12.4 Å². The Morgan fingerprint density at radius 1 is 0.773 bits per heavy atom. The van der Waals surface area contributed by atoms with Crippen LogP contribution in [0.1, 0.15) is 51.4 Å². The van der Waals surface area contributed by atoms with Crippen molar-refractivity contribution in [2.24, 2.45) is 0 Å². The molecular weight excluding hydrogens is 270 g/mol. The normalized spacial score (nSPS) is 20.4. The van der Waals surface area contributed by atoms with Crippen molar-refractivity contribution in [3.05, 3.63) is 36.7 Å². The van der Waals surface area contributed by atoms with Gasteiger partial charge in [-0.1, -0.05) is 25.7 Å². The summed E-state index contributed by atoms with van der Waals surface area (Å²) in [5, 5.41) is 1.09. The van der Waals surface area contributed by atoms with Crippen LogP contribution in [-0.2, 0) is 0 Å². The SMILES string of the molecule is C1CCC(N2CCCCC2)CC1.c1cnc2ncccc2c1. The van der Waals surface area contributed by atoms with Gasteiger partial charge in [0, 0.05) is 23.8 Å². The number of hydrogen-bond donors (Lipinski definition) is 0. The molecule has 0 radical (unpaired) electrons. The summed E-state index contributed by atoms with van der Waals surface area (Å²) in [6.45, 7) is 2.79. The Kier molecular flexibility index (Phi) is 5.77. The summed E-state index contributed by atoms with van der Waals surface area (Å²) in [5.41, 5.74) is 0.810. The van der Waals surface area contributed by atoms with Crippen LogP contribution >= 0.6 is 0 Å². The van der Waals surface area contributed by atoms with Gasteiger partial charge in [-0.25, -0.2) is 9.97 Å². The van der Waals surface area contributed by atoms with E-state index in [1.807, 2.05) is 24.3 Å². The Balaban J connectivity index is 0.000000133. The summed E-state index contributed by atoms with van der Waals surface area (Å²) in [6, 6.07) is 8.78. The summed E-state index contributed by atoms with van der Waals surface area (Å²) in [5.74, 6) is 0. The smallest absolute Gasteiger partial charge is 0.159 e. The minimum Gasteiger partial charge on any atom is -0.300 e. The highest BCUT2D eigenvalue weighted by Crippen LogP contribution is 2.24. The molecule has 0 unspecified atom stereocenters. The van der Waals surface area contributed by atoms with Gasteiger partial charge in [0.2, 0.25) is 0 Å². The van der Waals surface area contributed by atoms with Gasteiger partial charge in [-0.3, -0.25) is 0 Å². The number of likely N-dealkylation sites (tertiary alicyclic amines) is 1. The molecule has 118 valence electrons. The summed E-state index contributed by atoms with van der Waals surface area (Å²) in [6.07, 6.45) is 15.3. The van der Waals surface area contributed by atoms with Crippen molar-refractivity contribution in [2.75, 3.05) is 13.1 Å². The third-order valence-corrected chi connectivity index (χ3v) is 4.86. The molecule has 1 saturated carbocycles. The lowest BCUT2D eigenvalue weighted by atomic mass is 9.93. The van der Waals surface area contributed by atoms with Crippen LogP contribution in [0.3, 0.4) is 0 Å². The second-order valence-electron chi connectivity index (χ2n) is 6.44. The van der Waals surface area contributed by atoms with Crippen molar-refractivity contribution in [2.45, 2.75) is 57.4 Å². The first-order valence-corrected chi connectivity index (χ1v) is 8.83. The quantitative estimate of drug-likeness (QED) is 0.779. The van der Waals surface area contributed by atoms with Crippen molar-refractivity contribution in [3.63, 3.8) is 0 Å². The van der Waals surface area contributed by atoms with E-state index in [-0.39, 0.29) is 0 Å². The molecule has 1 saturated heterocycles. The monoisotopic (exact) mass is 297 g/mol. The Hall–Kier alpha value is -1.48. The molecule has 2 aromatic rings. The first kappa shape index (κ1) is 15.4. The maximum absolute atomic E-state index is 4.07. The van der Waals surface area contributed by atoms with Crippen LogP contribution in [0.5, 0.6) is 0 Å². The molecule has 22 heavy (non-hydrogen) atoms. The predicted octanol–water partition coefficient (Wildman–Crippen LogP) is 4.43. The average molecular weight is 297 g/mol. The number of rotatable bonds is 1. The Labute approximate surface area is 133 Å². The second kappa shape index (κ2) is 8.23. The van der Waals surface area contributed by atoms with Gasteiger partial charge < -0.3 is 4.90 Å². The molecule has 0 amide bonds. The lowest BCUT2D eigenvalue weighted by molar-refractivity contribution is 0.131. The van der Waals surface area contributed by atoms with E-state index in [9.17, 15) is 0 Å². The van der Waals surface area contributed by atoms with Crippen molar-refractivity contribution in [1.82, 2.24) is 14.9 Å². The summed E-state index contributed by atoms with van der Waals surface area (Å²) < 4.78 is 0. The molecule has 2 fully saturated rings. The number of nitrogens with zero attached hydrogens (tertiary/aromatic N) is 3. The Morgan fingerprint density at radius 2 is 1.36 bits per heavy atom. The van der Waals surface area contributed by atoms with Crippen LogP contribution < -0.4 is 0 Å². The summed E-state index contributed by atoms with van der Waals surface area (Å²) >= 11 is 0. The fourth-order valence-corrected chi connectivity index (χ4v) is 3.64. The molecule has 0 aromatic carbocycles. The zero-order valence-corrected chi connectivity index (χ0v) is 13.5. The first-order chi connectivity index (χ1) is 10.9. The Morgan fingerprint density at radius 3 is 1.95 bits per heavy atom. The largest absolute Gasteiger partial charge is 0.300 e. The van der Waals surface area contributed by atoms with Crippen molar-refractivity contribution >= 4 is 11.0 Å². The highest BCUT2D eigenvalue weighted by molar-refractivity contribution is 5.73. The third-order valence-electron chi connectivity index (χ3n) is 4.86. The van der Waals surface area contributed by atoms with Gasteiger partial charge in [0.25, 0.3) is 0 Å². The molecule has 3 heterocycles. The third kappa shape index (κ3) is 4.26. The molecule has 3 nitrogen and oxygen atoms in total. The lowest BCUT2D eigenvalue weighted by Crippen LogP contribution is -2.40. The van der Waals surface area contributed by atoms with Crippen molar-refractivity contribution < 1.29 is 0 Å². The van der Waals surface area contributed by atoms with Crippen molar-refractivity contribution in [3.8, 4) is 0 Å². The van der Waals surface area contributed by atoms with E-state index in [2.05, 4.69) is 14.9 Å². The van der Waals surface area contributed by atoms with Crippen LogP contribution in [0.25, 0.3) is 11.0 Å². The van der Waals surface area contributed by atoms with E-state index in [0.29, 0.717) is 0 Å². The molecule has 2 aromatic heterocycles. The van der Waals surface area contributed by atoms with E-state index in [4.69, 9.17) is 0 Å². The summed E-state index contributed by atoms with van der Waals surface area (Å²) in [7, 11) is 0. The maximum atomic E-state index is 4.07. The highest BCUT2D eigenvalue weighted by Gasteiger charge is 2.21. The van der Waals surface area contributed by atoms with Gasteiger partial charge in [0.15, 0.2) is 5.65 Å². The van der Waals surface area contributed by atoms with Crippen LogP contribution in [0, 0.1) is 0 Å². The molecule has 4 rings (SSSR count). The predicted molar refractivity (Wildman–Crippen MR) is 91.8 cm³/mol. The molecule has 2 aliphatic rings. The van der Waals surface area contributed by atoms with E-state index >= 15 is 0 Å². The molecule has 0 spiro atoms. The summed E-state index contributed by atoms with van der Waals surface area (Å²) in [4.78, 5) is 10.9. The van der Waals surface area contributed by atoms with Crippen LogP contribution in [0.4, 0.5) is 0 Å². The van der Waals surface area contributed by atoms with E-state index in [1.165, 1.54) is 64.5 Å². The standard InChI is InChI=1S/C11H21N.C8H6N2/c1-3-7-11(8-4-1)12-9-5-2-6-10-12;1-3-7-4-2-6-10-8(7)9-5-1/h11H,1-10H2;1-6H. The molecule has 1 aliphatic carbocycles. The van der Waals surface area contributed by atoms with Crippen LogP contribution in [-0.4, -0.2) is 34.0 Å². The minimum absolute atomic E-state index is 0.810. The van der Waals surface area contributed by atoms with Crippen molar-refractivity contribution in [1.29, 1.82) is 0 Å². The van der Waals surface area contributed by atoms with Crippen LogP contribution in [0.2, 0.25) is 0 Å².